The van der Waals surface area contributed by atoms with Crippen molar-refractivity contribution in [3.63, 3.8) is 0 Å². The molecule has 0 aromatic rings. The van der Waals surface area contributed by atoms with Crippen molar-refractivity contribution in [2.75, 3.05) is 13.2 Å². The van der Waals surface area contributed by atoms with Crippen LogP contribution in [0.15, 0.2) is 34.9 Å². The number of hydrogen-bond acceptors (Lipinski definition) is 5. The highest BCUT2D eigenvalue weighted by atomic mass is 16.5. The molecule has 0 saturated heterocycles. The van der Waals surface area contributed by atoms with Crippen LogP contribution in [0.25, 0.3) is 0 Å². The lowest BCUT2D eigenvalue weighted by atomic mass is 9.62. The molecule has 5 nitrogen and oxygen atoms in total. The fourth-order valence-corrected chi connectivity index (χ4v) is 7.07. The molecular weight excluding hydrogens is 440 g/mol. The minimum Gasteiger partial charge on any atom is -0.396 e. The molecule has 200 valence electrons. The second-order valence-corrected chi connectivity index (χ2v) is 12.3. The van der Waals surface area contributed by atoms with Crippen molar-refractivity contribution in [3.8, 4) is 0 Å². The number of ether oxygens (including phenoxy) is 1. The maximum atomic E-state index is 10.8. The summed E-state index contributed by atoms with van der Waals surface area (Å²) in [7, 11) is 0. The van der Waals surface area contributed by atoms with Gasteiger partial charge in [-0.2, -0.15) is 0 Å². The Kier molecular flexibility index (Phi) is 9.84. The molecule has 3 aliphatic carbocycles. The molecule has 0 unspecified atom stereocenters. The molecule has 0 radical (unpaired) electrons. The fraction of sp³-hybridized carbons (Fsp3) is 0.800. The lowest BCUT2D eigenvalue weighted by Crippen LogP contribution is -2.44. The van der Waals surface area contributed by atoms with Gasteiger partial charge in [0.2, 0.25) is 0 Å². The predicted octanol–water partition coefficient (Wildman–Crippen LogP) is 5.08. The lowest BCUT2D eigenvalue weighted by Gasteiger charge is -2.43. The number of hydrogen-bond donors (Lipinski definition) is 4. The molecule has 3 rings (SSSR count). The van der Waals surface area contributed by atoms with Gasteiger partial charge < -0.3 is 25.2 Å². The highest BCUT2D eigenvalue weighted by Gasteiger charge is 2.49. The van der Waals surface area contributed by atoms with Crippen LogP contribution in [-0.4, -0.2) is 57.6 Å². The maximum absolute atomic E-state index is 10.8. The summed E-state index contributed by atoms with van der Waals surface area (Å²) in [5, 5.41) is 40.4. The van der Waals surface area contributed by atoms with Crippen molar-refractivity contribution in [1.29, 1.82) is 0 Å². The van der Waals surface area contributed by atoms with Gasteiger partial charge in [-0.1, -0.05) is 44.9 Å². The zero-order valence-electron chi connectivity index (χ0n) is 22.7. The van der Waals surface area contributed by atoms with E-state index in [-0.39, 0.29) is 6.61 Å². The number of rotatable bonds is 11. The molecule has 0 bridgehead atoms. The van der Waals surface area contributed by atoms with Gasteiger partial charge in [-0.05, 0) is 99.2 Å². The predicted molar refractivity (Wildman–Crippen MR) is 141 cm³/mol. The molecule has 7 atom stereocenters. The zero-order chi connectivity index (χ0) is 25.8. The number of aliphatic hydroxyl groups excluding tert-OH is 3. The average molecular weight is 491 g/mol. The zero-order valence-corrected chi connectivity index (χ0v) is 22.7. The average Bonchev–Trinajstić information content (AvgIpc) is 3.14. The SMILES string of the molecule is CC1=C(/C=C\C2=CCC[C@]3(C)[C@@H]([C@@H](C)CCCC(C)(C)O)CC[C@@H]23)C[C@@H](O)[C@@H](OCCCO)[C@H]1O. The Bertz CT molecular complexity index is 791. The van der Waals surface area contributed by atoms with Gasteiger partial charge in [-0.15, -0.1) is 0 Å². The van der Waals surface area contributed by atoms with E-state index in [0.717, 1.165) is 30.4 Å². The van der Waals surface area contributed by atoms with E-state index < -0.39 is 23.9 Å². The van der Waals surface area contributed by atoms with Gasteiger partial charge in [-0.25, -0.2) is 0 Å². The smallest absolute Gasteiger partial charge is 0.113 e. The van der Waals surface area contributed by atoms with Gasteiger partial charge in [0.1, 0.15) is 12.2 Å². The first kappa shape index (κ1) is 28.6. The molecule has 1 fully saturated rings. The first-order valence-corrected chi connectivity index (χ1v) is 13.9. The summed E-state index contributed by atoms with van der Waals surface area (Å²) in [5.41, 5.74) is 3.00. The second-order valence-electron chi connectivity index (χ2n) is 12.3. The first-order chi connectivity index (χ1) is 16.5. The van der Waals surface area contributed by atoms with E-state index in [1.807, 2.05) is 20.8 Å². The van der Waals surface area contributed by atoms with Crippen molar-refractivity contribution in [2.45, 2.75) is 116 Å². The summed E-state index contributed by atoms with van der Waals surface area (Å²) in [6, 6.07) is 0. The molecule has 0 spiro atoms. The lowest BCUT2D eigenvalue weighted by molar-refractivity contribution is -0.0958. The summed E-state index contributed by atoms with van der Waals surface area (Å²) >= 11 is 0. The third-order valence-corrected chi connectivity index (χ3v) is 9.17. The monoisotopic (exact) mass is 490 g/mol. The van der Waals surface area contributed by atoms with Crippen LogP contribution in [0.2, 0.25) is 0 Å². The minimum atomic E-state index is -0.830. The van der Waals surface area contributed by atoms with Crippen LogP contribution in [0, 0.1) is 23.2 Å². The summed E-state index contributed by atoms with van der Waals surface area (Å²) < 4.78 is 5.67. The highest BCUT2D eigenvalue weighted by Crippen LogP contribution is 2.58. The van der Waals surface area contributed by atoms with Crippen molar-refractivity contribution in [1.82, 2.24) is 0 Å². The quantitative estimate of drug-likeness (QED) is 0.303. The maximum Gasteiger partial charge on any atom is 0.113 e. The largest absolute Gasteiger partial charge is 0.396 e. The number of aliphatic hydroxyl groups is 4. The van der Waals surface area contributed by atoms with E-state index in [2.05, 4.69) is 32.1 Å². The first-order valence-electron chi connectivity index (χ1n) is 13.9. The molecule has 0 aromatic heterocycles. The van der Waals surface area contributed by atoms with Crippen molar-refractivity contribution in [2.24, 2.45) is 23.2 Å². The topological polar surface area (TPSA) is 90.2 Å². The normalized spacial score (nSPS) is 34.9. The van der Waals surface area contributed by atoms with Crippen LogP contribution in [0.4, 0.5) is 0 Å². The molecule has 0 aliphatic heterocycles. The highest BCUT2D eigenvalue weighted by molar-refractivity contribution is 5.38. The second kappa shape index (κ2) is 12.0. The van der Waals surface area contributed by atoms with Crippen LogP contribution in [0.3, 0.4) is 0 Å². The Morgan fingerprint density at radius 1 is 1.20 bits per heavy atom. The van der Waals surface area contributed by atoms with Crippen molar-refractivity contribution in [3.05, 3.63) is 34.9 Å². The molecule has 3 aliphatic rings. The van der Waals surface area contributed by atoms with Crippen LogP contribution < -0.4 is 0 Å². The van der Waals surface area contributed by atoms with Crippen LogP contribution >= 0.6 is 0 Å². The molecule has 35 heavy (non-hydrogen) atoms. The third-order valence-electron chi connectivity index (χ3n) is 9.17. The molecule has 0 heterocycles. The van der Waals surface area contributed by atoms with E-state index in [1.54, 1.807) is 0 Å². The molecule has 0 amide bonds. The Morgan fingerprint density at radius 2 is 1.94 bits per heavy atom. The van der Waals surface area contributed by atoms with Gasteiger partial charge in [0.15, 0.2) is 0 Å². The molecular formula is C30H50O5. The molecule has 1 saturated carbocycles. The molecule has 0 aromatic carbocycles. The minimum absolute atomic E-state index is 0.0391. The Hall–Kier alpha value is -0.980. The van der Waals surface area contributed by atoms with Crippen LogP contribution in [0.5, 0.6) is 0 Å². The van der Waals surface area contributed by atoms with Gasteiger partial charge >= 0.3 is 0 Å². The standard InChI is InChI=1S/C30H50O5/c1-20(9-6-15-29(3,4)34)24-13-14-25-22(10-7-16-30(24,25)5)11-12-23-19-26(32)28(27(33)21(23)2)35-18-8-17-31/h10-12,20,24-28,31-34H,6-9,13-19H2,1-5H3/b12-11-/t20-,24+,25-,26+,27-,28+,30+/m0/s1. The van der Waals surface area contributed by atoms with Crippen LogP contribution in [0.1, 0.15) is 92.4 Å². The van der Waals surface area contributed by atoms with E-state index in [1.165, 1.54) is 31.3 Å². The fourth-order valence-electron chi connectivity index (χ4n) is 7.07. The van der Waals surface area contributed by atoms with E-state index in [4.69, 9.17) is 9.84 Å². The van der Waals surface area contributed by atoms with Gasteiger partial charge in [-0.3, -0.25) is 0 Å². The molecule has 4 N–H and O–H groups in total. The van der Waals surface area contributed by atoms with E-state index in [9.17, 15) is 15.3 Å². The number of fused-ring (bicyclic) bond motifs is 1. The Labute approximate surface area is 213 Å². The van der Waals surface area contributed by atoms with Crippen LogP contribution in [-0.2, 0) is 4.74 Å². The van der Waals surface area contributed by atoms with Gasteiger partial charge in [0.05, 0.1) is 11.7 Å². The molecule has 5 heteroatoms. The number of allylic oxidation sites excluding steroid dienone is 4. The summed E-state index contributed by atoms with van der Waals surface area (Å²) in [4.78, 5) is 0. The van der Waals surface area contributed by atoms with Gasteiger partial charge in [0.25, 0.3) is 0 Å². The summed E-state index contributed by atoms with van der Waals surface area (Å²) in [6.07, 6.45) is 13.4. The summed E-state index contributed by atoms with van der Waals surface area (Å²) in [5.74, 6) is 1.93. The van der Waals surface area contributed by atoms with E-state index in [0.29, 0.717) is 42.6 Å². The Morgan fingerprint density at radius 3 is 2.63 bits per heavy atom. The third kappa shape index (κ3) is 6.87. The summed E-state index contributed by atoms with van der Waals surface area (Å²) in [6.45, 7) is 11.0. The van der Waals surface area contributed by atoms with Crippen molar-refractivity contribution >= 4 is 0 Å². The Balaban J connectivity index is 1.66. The van der Waals surface area contributed by atoms with Crippen molar-refractivity contribution < 1.29 is 25.2 Å². The van der Waals surface area contributed by atoms with E-state index >= 15 is 0 Å². The van der Waals surface area contributed by atoms with Gasteiger partial charge in [0, 0.05) is 19.6 Å².